The van der Waals surface area contributed by atoms with E-state index in [-0.39, 0.29) is 0 Å². The van der Waals surface area contributed by atoms with Crippen molar-refractivity contribution in [2.24, 2.45) is 0 Å². The van der Waals surface area contributed by atoms with Gasteiger partial charge in [-0.05, 0) is 0 Å². The van der Waals surface area contributed by atoms with Gasteiger partial charge in [0.1, 0.15) is 6.10 Å². The second-order valence-corrected chi connectivity index (χ2v) is 2.69. The van der Waals surface area contributed by atoms with Crippen LogP contribution in [0.25, 0.3) is 5.52 Å². The zero-order chi connectivity index (χ0) is 9.26. The molecule has 0 spiro atoms. The highest BCUT2D eigenvalue weighted by atomic mass is 16.3. The molecule has 1 N–H and O–H groups in total. The molecule has 0 amide bonds. The second-order valence-electron chi connectivity index (χ2n) is 2.69. The predicted molar refractivity (Wildman–Crippen MR) is 48.1 cm³/mol. The molecule has 0 aliphatic heterocycles. The molecule has 4 heteroatoms. The van der Waals surface area contributed by atoms with Crippen LogP contribution in [0.4, 0.5) is 0 Å². The Hall–Kier alpha value is -1.68. The smallest absolute Gasteiger partial charge is 0.101 e. The monoisotopic (exact) mass is 175 g/mol. The van der Waals surface area contributed by atoms with Gasteiger partial charge in [0.15, 0.2) is 0 Å². The molecule has 0 bridgehead atoms. The van der Waals surface area contributed by atoms with Gasteiger partial charge in [0.05, 0.1) is 17.9 Å². The van der Waals surface area contributed by atoms with Gasteiger partial charge in [0.2, 0.25) is 0 Å². The summed E-state index contributed by atoms with van der Waals surface area (Å²) in [7, 11) is 0. The molecule has 0 aliphatic rings. The molecule has 0 fully saturated rings. The van der Waals surface area contributed by atoms with Crippen molar-refractivity contribution in [2.75, 3.05) is 0 Å². The van der Waals surface area contributed by atoms with E-state index >= 15 is 0 Å². The molecule has 0 aromatic carbocycles. The summed E-state index contributed by atoms with van der Waals surface area (Å²) in [4.78, 5) is 3.96. The van der Waals surface area contributed by atoms with Crippen molar-refractivity contribution in [1.29, 1.82) is 0 Å². The van der Waals surface area contributed by atoms with Crippen LogP contribution in [0.3, 0.4) is 0 Å². The third-order valence-electron chi connectivity index (χ3n) is 1.90. The van der Waals surface area contributed by atoms with E-state index in [0.717, 1.165) is 11.1 Å². The van der Waals surface area contributed by atoms with Gasteiger partial charge in [-0.15, -0.1) is 6.58 Å². The van der Waals surface area contributed by atoms with Gasteiger partial charge in [-0.2, -0.15) is 5.10 Å². The molecule has 0 saturated carbocycles. The fourth-order valence-electron chi connectivity index (χ4n) is 1.21. The molecular weight excluding hydrogens is 166 g/mol. The average Bonchev–Trinajstić information content (AvgIpc) is 2.60. The molecule has 0 saturated heterocycles. The van der Waals surface area contributed by atoms with Crippen molar-refractivity contribution in [3.63, 3.8) is 0 Å². The van der Waals surface area contributed by atoms with Crippen LogP contribution in [0.2, 0.25) is 0 Å². The number of hydrogen-bond acceptors (Lipinski definition) is 3. The summed E-state index contributed by atoms with van der Waals surface area (Å²) in [6.07, 6.45) is 7.43. The molecule has 66 valence electrons. The maximum Gasteiger partial charge on any atom is 0.101 e. The summed E-state index contributed by atoms with van der Waals surface area (Å²) < 4.78 is 1.66. The third kappa shape index (κ3) is 1.21. The first-order valence-corrected chi connectivity index (χ1v) is 3.91. The van der Waals surface area contributed by atoms with E-state index in [2.05, 4.69) is 16.7 Å². The van der Waals surface area contributed by atoms with E-state index < -0.39 is 6.10 Å². The first-order chi connectivity index (χ1) is 6.33. The normalized spacial score (nSPS) is 13.0. The molecule has 4 nitrogen and oxygen atoms in total. The lowest BCUT2D eigenvalue weighted by atomic mass is 10.2. The summed E-state index contributed by atoms with van der Waals surface area (Å²) in [5.41, 5.74) is 1.53. The van der Waals surface area contributed by atoms with E-state index in [1.807, 2.05) is 0 Å². The lowest BCUT2D eigenvalue weighted by molar-refractivity contribution is 0.230. The molecule has 13 heavy (non-hydrogen) atoms. The van der Waals surface area contributed by atoms with Crippen LogP contribution in [0.5, 0.6) is 0 Å². The number of aromatic nitrogens is 3. The molecule has 1 unspecified atom stereocenters. The summed E-state index contributed by atoms with van der Waals surface area (Å²) in [6.45, 7) is 3.52. The largest absolute Gasteiger partial charge is 0.384 e. The SMILES string of the molecule is C=CC(O)c1cnn2ccncc12. The Kier molecular flexibility index (Phi) is 1.83. The highest BCUT2D eigenvalue weighted by Crippen LogP contribution is 2.18. The zero-order valence-corrected chi connectivity index (χ0v) is 6.96. The van der Waals surface area contributed by atoms with Crippen molar-refractivity contribution in [1.82, 2.24) is 14.6 Å². The fraction of sp³-hybridized carbons (Fsp3) is 0.111. The number of aliphatic hydroxyl groups is 1. The number of nitrogens with zero attached hydrogens (tertiary/aromatic N) is 3. The summed E-state index contributed by atoms with van der Waals surface area (Å²) in [5.74, 6) is 0. The quantitative estimate of drug-likeness (QED) is 0.691. The first-order valence-electron chi connectivity index (χ1n) is 3.91. The van der Waals surface area contributed by atoms with Crippen molar-refractivity contribution >= 4 is 5.52 Å². The van der Waals surface area contributed by atoms with Crippen LogP contribution in [-0.2, 0) is 0 Å². The predicted octanol–water partition coefficient (Wildman–Crippen LogP) is 0.949. The third-order valence-corrected chi connectivity index (χ3v) is 1.90. The van der Waals surface area contributed by atoms with Gasteiger partial charge >= 0.3 is 0 Å². The Morgan fingerprint density at radius 2 is 2.38 bits per heavy atom. The fourth-order valence-corrected chi connectivity index (χ4v) is 1.21. The highest BCUT2D eigenvalue weighted by Gasteiger charge is 2.09. The molecule has 1 atom stereocenters. The molecule has 2 heterocycles. The molecule has 2 rings (SSSR count). The van der Waals surface area contributed by atoms with Crippen LogP contribution in [-0.4, -0.2) is 19.7 Å². The van der Waals surface area contributed by atoms with Gasteiger partial charge < -0.3 is 5.11 Å². The van der Waals surface area contributed by atoms with E-state index in [9.17, 15) is 5.11 Å². The Labute approximate surface area is 75.2 Å². The van der Waals surface area contributed by atoms with Crippen molar-refractivity contribution in [3.8, 4) is 0 Å². The molecular formula is C9H9N3O. The van der Waals surface area contributed by atoms with Crippen LogP contribution in [0, 0.1) is 0 Å². The van der Waals surface area contributed by atoms with E-state index in [4.69, 9.17) is 0 Å². The topological polar surface area (TPSA) is 50.4 Å². The second kappa shape index (κ2) is 2.99. The van der Waals surface area contributed by atoms with E-state index in [1.165, 1.54) is 6.08 Å². The summed E-state index contributed by atoms with van der Waals surface area (Å²) >= 11 is 0. The van der Waals surface area contributed by atoms with Gasteiger partial charge in [-0.1, -0.05) is 6.08 Å². The van der Waals surface area contributed by atoms with Crippen LogP contribution < -0.4 is 0 Å². The standard InChI is InChI=1S/C9H9N3O/c1-2-9(13)7-5-11-12-4-3-10-6-8(7)12/h2-6,9,13H,1H2. The highest BCUT2D eigenvalue weighted by molar-refractivity contribution is 5.53. The van der Waals surface area contributed by atoms with Crippen molar-refractivity contribution < 1.29 is 5.11 Å². The van der Waals surface area contributed by atoms with Crippen molar-refractivity contribution in [2.45, 2.75) is 6.10 Å². The minimum atomic E-state index is -0.679. The van der Waals surface area contributed by atoms with Gasteiger partial charge in [0, 0.05) is 18.0 Å². The average molecular weight is 175 g/mol. The van der Waals surface area contributed by atoms with Crippen LogP contribution in [0.1, 0.15) is 11.7 Å². The molecule has 2 aromatic rings. The van der Waals surface area contributed by atoms with Crippen molar-refractivity contribution in [3.05, 3.63) is 43.0 Å². The Morgan fingerprint density at radius 3 is 3.15 bits per heavy atom. The maximum absolute atomic E-state index is 9.52. The summed E-state index contributed by atoms with van der Waals surface area (Å²) in [6, 6.07) is 0. The maximum atomic E-state index is 9.52. The minimum absolute atomic E-state index is 0.679. The molecule has 0 radical (unpaired) electrons. The Bertz CT molecular complexity index is 435. The Balaban J connectivity index is 2.64. The van der Waals surface area contributed by atoms with E-state index in [1.54, 1.807) is 29.3 Å². The zero-order valence-electron chi connectivity index (χ0n) is 6.96. The van der Waals surface area contributed by atoms with E-state index in [0.29, 0.717) is 0 Å². The Morgan fingerprint density at radius 1 is 1.54 bits per heavy atom. The molecule has 2 aromatic heterocycles. The lowest BCUT2D eigenvalue weighted by Crippen LogP contribution is -1.92. The van der Waals surface area contributed by atoms with Gasteiger partial charge in [0.25, 0.3) is 0 Å². The number of rotatable bonds is 2. The first kappa shape index (κ1) is 7.94. The lowest BCUT2D eigenvalue weighted by Gasteiger charge is -2.00. The van der Waals surface area contributed by atoms with Crippen LogP contribution >= 0.6 is 0 Å². The summed E-state index contributed by atoms with van der Waals surface area (Å²) in [5, 5.41) is 13.6. The number of aliphatic hydroxyl groups excluding tert-OH is 1. The number of hydrogen-bond donors (Lipinski definition) is 1. The van der Waals surface area contributed by atoms with Gasteiger partial charge in [-0.3, -0.25) is 4.98 Å². The van der Waals surface area contributed by atoms with Gasteiger partial charge in [-0.25, -0.2) is 4.52 Å². The minimum Gasteiger partial charge on any atom is -0.384 e. The van der Waals surface area contributed by atoms with Crippen LogP contribution in [0.15, 0.2) is 37.4 Å². The molecule has 0 aliphatic carbocycles. The number of fused-ring (bicyclic) bond motifs is 1.